The van der Waals surface area contributed by atoms with E-state index in [0.717, 1.165) is 29.2 Å². The molecular formula is C22H24N2O6. The standard InChI is InChI=1S/C22H24N2O6/c1-22(29,20(26)27)13-24-19(25)10-11-23-21(28)30-12-18-16-8-4-2-6-14(16)15-7-3-5-9-17(15)18/h2-9,18,29H,10-13H2,1H3,(H,23,28)(H,24,25)(H,26,27). The fourth-order valence-electron chi connectivity index (χ4n) is 3.36. The van der Waals surface area contributed by atoms with E-state index in [1.165, 1.54) is 0 Å². The zero-order valence-electron chi connectivity index (χ0n) is 16.6. The number of carboxylic acid groups (broad SMARTS) is 1. The summed E-state index contributed by atoms with van der Waals surface area (Å²) in [6, 6.07) is 16.0. The van der Waals surface area contributed by atoms with E-state index in [0.29, 0.717) is 0 Å². The van der Waals surface area contributed by atoms with Crippen LogP contribution in [0.5, 0.6) is 0 Å². The molecule has 2 amide bonds. The lowest BCUT2D eigenvalue weighted by Crippen LogP contribution is -2.47. The van der Waals surface area contributed by atoms with Crippen molar-refractivity contribution in [2.75, 3.05) is 19.7 Å². The summed E-state index contributed by atoms with van der Waals surface area (Å²) in [7, 11) is 0. The average molecular weight is 412 g/mol. The van der Waals surface area contributed by atoms with E-state index in [1.54, 1.807) is 0 Å². The smallest absolute Gasteiger partial charge is 0.407 e. The minimum atomic E-state index is -2.05. The van der Waals surface area contributed by atoms with E-state index in [9.17, 15) is 19.5 Å². The number of carbonyl (C=O) groups is 3. The number of fused-ring (bicyclic) bond motifs is 3. The minimum absolute atomic E-state index is 0.0255. The van der Waals surface area contributed by atoms with E-state index in [2.05, 4.69) is 22.8 Å². The van der Waals surface area contributed by atoms with Crippen LogP contribution in [0.4, 0.5) is 4.79 Å². The van der Waals surface area contributed by atoms with Crippen molar-refractivity contribution in [3.8, 4) is 11.1 Å². The Labute approximate surface area is 173 Å². The summed E-state index contributed by atoms with van der Waals surface area (Å²) in [5.41, 5.74) is 2.44. The lowest BCUT2D eigenvalue weighted by Gasteiger charge is -2.18. The molecule has 1 aliphatic rings. The molecule has 0 spiro atoms. The van der Waals surface area contributed by atoms with Gasteiger partial charge in [0, 0.05) is 18.9 Å². The van der Waals surface area contributed by atoms with Crippen molar-refractivity contribution in [1.29, 1.82) is 0 Å². The number of nitrogens with one attached hydrogen (secondary N) is 2. The van der Waals surface area contributed by atoms with Crippen LogP contribution < -0.4 is 10.6 Å². The predicted molar refractivity (Wildman–Crippen MR) is 109 cm³/mol. The lowest BCUT2D eigenvalue weighted by molar-refractivity contribution is -0.156. The Morgan fingerprint density at radius 1 is 1.00 bits per heavy atom. The lowest BCUT2D eigenvalue weighted by atomic mass is 9.98. The number of aliphatic hydroxyl groups is 1. The van der Waals surface area contributed by atoms with E-state index in [4.69, 9.17) is 9.84 Å². The summed E-state index contributed by atoms with van der Waals surface area (Å²) in [5.74, 6) is -1.97. The Bertz CT molecular complexity index is 911. The number of carboxylic acids is 1. The molecule has 30 heavy (non-hydrogen) atoms. The molecule has 0 bridgehead atoms. The van der Waals surface area contributed by atoms with Crippen LogP contribution in [-0.2, 0) is 14.3 Å². The maximum absolute atomic E-state index is 12.0. The number of hydrogen-bond donors (Lipinski definition) is 4. The second-order valence-electron chi connectivity index (χ2n) is 7.36. The molecule has 2 aromatic rings. The normalized spacial score (nSPS) is 14.2. The van der Waals surface area contributed by atoms with Crippen LogP contribution in [0.1, 0.15) is 30.4 Å². The highest BCUT2D eigenvalue weighted by molar-refractivity contribution is 5.81. The number of amides is 2. The zero-order chi connectivity index (χ0) is 21.7. The Balaban J connectivity index is 1.46. The third-order valence-electron chi connectivity index (χ3n) is 5.06. The van der Waals surface area contributed by atoms with Gasteiger partial charge in [-0.15, -0.1) is 0 Å². The van der Waals surface area contributed by atoms with E-state index in [-0.39, 0.29) is 25.5 Å². The number of benzene rings is 2. The first-order valence-electron chi connectivity index (χ1n) is 9.61. The molecule has 0 saturated carbocycles. The summed E-state index contributed by atoms with van der Waals surface area (Å²) in [6.07, 6.45) is -0.706. The molecule has 8 heteroatoms. The van der Waals surface area contributed by atoms with Crippen LogP contribution in [0.3, 0.4) is 0 Å². The third kappa shape index (κ3) is 4.77. The summed E-state index contributed by atoms with van der Waals surface area (Å²) in [6.45, 7) is 0.863. The Morgan fingerprint density at radius 3 is 2.13 bits per heavy atom. The summed E-state index contributed by atoms with van der Waals surface area (Å²) in [4.78, 5) is 34.6. The van der Waals surface area contributed by atoms with Crippen molar-refractivity contribution in [3.63, 3.8) is 0 Å². The van der Waals surface area contributed by atoms with Gasteiger partial charge in [-0.05, 0) is 29.2 Å². The average Bonchev–Trinajstić information content (AvgIpc) is 3.04. The van der Waals surface area contributed by atoms with Crippen molar-refractivity contribution in [3.05, 3.63) is 59.7 Å². The van der Waals surface area contributed by atoms with Crippen LogP contribution >= 0.6 is 0 Å². The highest BCUT2D eigenvalue weighted by Gasteiger charge is 2.30. The van der Waals surface area contributed by atoms with Crippen LogP contribution in [0.25, 0.3) is 11.1 Å². The van der Waals surface area contributed by atoms with Gasteiger partial charge in [0.1, 0.15) is 6.61 Å². The van der Waals surface area contributed by atoms with Crippen molar-refractivity contribution >= 4 is 18.0 Å². The Kier molecular flexibility index (Phi) is 6.37. The Morgan fingerprint density at radius 2 is 1.57 bits per heavy atom. The molecule has 2 aromatic carbocycles. The third-order valence-corrected chi connectivity index (χ3v) is 5.06. The van der Waals surface area contributed by atoms with Crippen molar-refractivity contribution < 1.29 is 29.3 Å². The first kappa shape index (κ1) is 21.3. The quantitative estimate of drug-likeness (QED) is 0.525. The zero-order valence-corrected chi connectivity index (χ0v) is 16.6. The fourth-order valence-corrected chi connectivity index (χ4v) is 3.36. The molecule has 0 saturated heterocycles. The molecule has 1 unspecified atom stereocenters. The molecule has 1 atom stereocenters. The van der Waals surface area contributed by atoms with Gasteiger partial charge in [0.25, 0.3) is 0 Å². The van der Waals surface area contributed by atoms with Gasteiger partial charge in [-0.1, -0.05) is 48.5 Å². The Hall–Kier alpha value is -3.39. The first-order chi connectivity index (χ1) is 14.3. The SMILES string of the molecule is CC(O)(CNC(=O)CCNC(=O)OCC1c2ccccc2-c2ccccc21)C(=O)O. The second-order valence-corrected chi connectivity index (χ2v) is 7.36. The molecule has 3 rings (SSSR count). The van der Waals surface area contributed by atoms with Gasteiger partial charge >= 0.3 is 12.1 Å². The number of hydrogen-bond acceptors (Lipinski definition) is 5. The van der Waals surface area contributed by atoms with E-state index >= 15 is 0 Å². The van der Waals surface area contributed by atoms with Gasteiger partial charge in [-0.3, -0.25) is 4.79 Å². The number of ether oxygens (including phenoxy) is 1. The van der Waals surface area contributed by atoms with Gasteiger partial charge in [-0.2, -0.15) is 0 Å². The van der Waals surface area contributed by atoms with Crippen molar-refractivity contribution in [2.24, 2.45) is 0 Å². The molecule has 0 aliphatic heterocycles. The molecule has 8 nitrogen and oxygen atoms in total. The molecule has 0 aromatic heterocycles. The van der Waals surface area contributed by atoms with Crippen LogP contribution in [0.2, 0.25) is 0 Å². The van der Waals surface area contributed by atoms with Gasteiger partial charge in [0.15, 0.2) is 5.60 Å². The highest BCUT2D eigenvalue weighted by atomic mass is 16.5. The van der Waals surface area contributed by atoms with Gasteiger partial charge in [-0.25, -0.2) is 9.59 Å². The summed E-state index contributed by atoms with van der Waals surface area (Å²) in [5, 5.41) is 23.2. The summed E-state index contributed by atoms with van der Waals surface area (Å²) < 4.78 is 5.37. The van der Waals surface area contributed by atoms with Crippen LogP contribution in [0.15, 0.2) is 48.5 Å². The van der Waals surface area contributed by atoms with Gasteiger partial charge < -0.3 is 25.6 Å². The first-order valence-corrected chi connectivity index (χ1v) is 9.61. The minimum Gasteiger partial charge on any atom is -0.479 e. The molecule has 0 heterocycles. The highest BCUT2D eigenvalue weighted by Crippen LogP contribution is 2.44. The summed E-state index contributed by atoms with van der Waals surface area (Å²) >= 11 is 0. The largest absolute Gasteiger partial charge is 0.479 e. The fraction of sp³-hybridized carbons (Fsp3) is 0.318. The predicted octanol–water partition coefficient (Wildman–Crippen LogP) is 1.87. The van der Waals surface area contributed by atoms with Crippen molar-refractivity contribution in [1.82, 2.24) is 10.6 Å². The molecule has 0 fully saturated rings. The number of rotatable bonds is 8. The molecule has 158 valence electrons. The monoisotopic (exact) mass is 412 g/mol. The molecule has 0 radical (unpaired) electrons. The van der Waals surface area contributed by atoms with Gasteiger partial charge in [0.2, 0.25) is 5.91 Å². The number of carbonyl (C=O) groups excluding carboxylic acids is 2. The topological polar surface area (TPSA) is 125 Å². The van der Waals surface area contributed by atoms with Gasteiger partial charge in [0.05, 0.1) is 6.54 Å². The second kappa shape index (κ2) is 8.96. The molecular weight excluding hydrogens is 388 g/mol. The van der Waals surface area contributed by atoms with Crippen LogP contribution in [-0.4, -0.2) is 53.5 Å². The van der Waals surface area contributed by atoms with E-state index < -0.39 is 30.1 Å². The van der Waals surface area contributed by atoms with Crippen LogP contribution in [0, 0.1) is 0 Å². The number of alkyl carbamates (subject to hydrolysis) is 1. The number of aliphatic carboxylic acids is 1. The van der Waals surface area contributed by atoms with Crippen molar-refractivity contribution in [2.45, 2.75) is 24.9 Å². The van der Waals surface area contributed by atoms with E-state index in [1.807, 2.05) is 36.4 Å². The molecule has 1 aliphatic carbocycles. The maximum atomic E-state index is 12.0. The maximum Gasteiger partial charge on any atom is 0.407 e. The molecule has 4 N–H and O–H groups in total.